The number of carbonyl (C=O) groups excluding carboxylic acids is 1. The highest BCUT2D eigenvalue weighted by atomic mass is 35.5. The molecule has 2 N–H and O–H groups in total. The average molecular weight is 436 g/mol. The Morgan fingerprint density at radius 2 is 1.90 bits per heavy atom. The Bertz CT molecular complexity index is 1170. The molecule has 8 heteroatoms. The smallest absolute Gasteiger partial charge is 0.311 e. The minimum absolute atomic E-state index is 0.0371. The van der Waals surface area contributed by atoms with Crippen LogP contribution in [0.5, 0.6) is 5.75 Å². The molecular weight excluding hydrogens is 416 g/mol. The minimum atomic E-state index is -1.30. The molecule has 2 aromatic carbocycles. The van der Waals surface area contributed by atoms with Crippen molar-refractivity contribution in [2.75, 3.05) is 0 Å². The lowest BCUT2D eigenvalue weighted by atomic mass is 9.84. The van der Waals surface area contributed by atoms with E-state index in [0.717, 1.165) is 10.6 Å². The molecule has 0 spiro atoms. The predicted octanol–water partition coefficient (Wildman–Crippen LogP) is 5.49. The number of nitrogens with zero attached hydrogens (tertiary/aromatic N) is 1. The van der Waals surface area contributed by atoms with Gasteiger partial charge in [0, 0.05) is 27.7 Å². The molecule has 1 heterocycles. The number of hydrogen-bond acceptors (Lipinski definition) is 3. The van der Waals surface area contributed by atoms with Crippen molar-refractivity contribution in [2.24, 2.45) is 5.92 Å². The van der Waals surface area contributed by atoms with Crippen LogP contribution in [0.2, 0.25) is 5.02 Å². The Morgan fingerprint density at radius 3 is 2.47 bits per heavy atom. The van der Waals surface area contributed by atoms with E-state index in [1.807, 2.05) is 0 Å². The van der Waals surface area contributed by atoms with Crippen LogP contribution in [0.4, 0.5) is 8.78 Å². The molecule has 0 aliphatic heterocycles. The number of aromatic nitrogens is 1. The summed E-state index contributed by atoms with van der Waals surface area (Å²) in [6.07, 6.45) is 0.472. The summed E-state index contributed by atoms with van der Waals surface area (Å²) in [7, 11) is 0. The van der Waals surface area contributed by atoms with Crippen LogP contribution in [-0.4, -0.2) is 26.7 Å². The summed E-state index contributed by atoms with van der Waals surface area (Å²) in [5.41, 5.74) is 0.204. The van der Waals surface area contributed by atoms with E-state index in [-0.39, 0.29) is 27.7 Å². The molecule has 0 aliphatic carbocycles. The van der Waals surface area contributed by atoms with Gasteiger partial charge in [0.2, 0.25) is 0 Å². The third-order valence-electron chi connectivity index (χ3n) is 5.47. The van der Waals surface area contributed by atoms with Gasteiger partial charge in [-0.1, -0.05) is 37.9 Å². The zero-order valence-electron chi connectivity index (χ0n) is 16.5. The predicted molar refractivity (Wildman–Crippen MR) is 109 cm³/mol. The van der Waals surface area contributed by atoms with E-state index in [1.54, 1.807) is 26.0 Å². The number of carbonyl (C=O) groups is 2. The summed E-state index contributed by atoms with van der Waals surface area (Å²) in [5, 5.41) is 19.7. The van der Waals surface area contributed by atoms with Crippen LogP contribution in [0.3, 0.4) is 0 Å². The zero-order chi connectivity index (χ0) is 22.3. The number of phenolic OH excluding ortho intramolecular Hbond substituents is 1. The number of halogens is 3. The number of fused-ring (bicyclic) bond motifs is 1. The van der Waals surface area contributed by atoms with Crippen molar-refractivity contribution >= 4 is 34.4 Å². The number of benzene rings is 2. The molecule has 2 atom stereocenters. The van der Waals surface area contributed by atoms with Gasteiger partial charge < -0.3 is 10.2 Å². The number of hydrogen-bond donors (Lipinski definition) is 2. The minimum Gasteiger partial charge on any atom is -0.503 e. The normalized spacial score (nSPS) is 13.4. The van der Waals surface area contributed by atoms with Crippen molar-refractivity contribution in [3.05, 3.63) is 63.8 Å². The maximum Gasteiger partial charge on any atom is 0.311 e. The van der Waals surface area contributed by atoms with E-state index in [1.165, 1.54) is 19.1 Å². The van der Waals surface area contributed by atoms with E-state index < -0.39 is 41.1 Å². The molecule has 3 rings (SSSR count). The lowest BCUT2D eigenvalue weighted by Crippen LogP contribution is -2.21. The van der Waals surface area contributed by atoms with Gasteiger partial charge in [-0.2, -0.15) is 0 Å². The molecule has 1 aromatic heterocycles. The van der Waals surface area contributed by atoms with E-state index in [2.05, 4.69) is 0 Å². The lowest BCUT2D eigenvalue weighted by Gasteiger charge is -2.20. The van der Waals surface area contributed by atoms with Crippen LogP contribution >= 0.6 is 11.6 Å². The topological polar surface area (TPSA) is 79.5 Å². The second-order valence-electron chi connectivity index (χ2n) is 7.27. The molecular formula is C22H20ClF2NO4. The van der Waals surface area contributed by atoms with Crippen LogP contribution in [0, 0.1) is 24.5 Å². The lowest BCUT2D eigenvalue weighted by molar-refractivity contribution is -0.140. The summed E-state index contributed by atoms with van der Waals surface area (Å²) >= 11 is 5.97. The van der Waals surface area contributed by atoms with Crippen molar-refractivity contribution < 1.29 is 28.6 Å². The molecule has 158 valence electrons. The zero-order valence-corrected chi connectivity index (χ0v) is 17.3. The van der Waals surface area contributed by atoms with E-state index >= 15 is 4.39 Å². The van der Waals surface area contributed by atoms with Gasteiger partial charge in [-0.25, -0.2) is 8.78 Å². The third kappa shape index (κ3) is 3.43. The Balaban J connectivity index is 2.44. The Labute approximate surface area is 176 Å². The van der Waals surface area contributed by atoms with Gasteiger partial charge in [-0.05, 0) is 36.6 Å². The number of aromatic hydroxyl groups is 1. The van der Waals surface area contributed by atoms with E-state index in [0.29, 0.717) is 11.4 Å². The molecule has 30 heavy (non-hydrogen) atoms. The number of aliphatic carboxylic acids is 1. The van der Waals surface area contributed by atoms with Gasteiger partial charge >= 0.3 is 5.97 Å². The van der Waals surface area contributed by atoms with Gasteiger partial charge in [0.25, 0.3) is 5.91 Å². The van der Waals surface area contributed by atoms with E-state index in [9.17, 15) is 24.2 Å². The molecule has 0 saturated carbocycles. The first-order valence-electron chi connectivity index (χ1n) is 9.35. The summed E-state index contributed by atoms with van der Waals surface area (Å²) in [5.74, 6) is -7.16. The molecule has 0 fully saturated rings. The number of carboxylic acid groups (broad SMARTS) is 1. The summed E-state index contributed by atoms with van der Waals surface area (Å²) in [6, 6.07) is 6.87. The fourth-order valence-electron chi connectivity index (χ4n) is 3.79. The Hall–Kier alpha value is -2.93. The SMILES string of the molecule is CC[C@H](C)C(C(=O)O)c1c(C)n(C(=O)c2cccc(Cl)c2)c2cc(F)c(O)c(F)c12. The Kier molecular flexibility index (Phi) is 5.85. The fraction of sp³-hybridized carbons (Fsp3) is 0.273. The van der Waals surface area contributed by atoms with Crippen LogP contribution in [0.25, 0.3) is 10.9 Å². The summed E-state index contributed by atoms with van der Waals surface area (Å²) in [6.45, 7) is 4.96. The highest BCUT2D eigenvalue weighted by Crippen LogP contribution is 2.41. The molecule has 0 bridgehead atoms. The first-order chi connectivity index (χ1) is 14.1. The van der Waals surface area contributed by atoms with Crippen molar-refractivity contribution in [3.8, 4) is 5.75 Å². The largest absolute Gasteiger partial charge is 0.503 e. The molecule has 0 amide bonds. The maximum absolute atomic E-state index is 15.0. The monoisotopic (exact) mass is 435 g/mol. The van der Waals surface area contributed by atoms with Crippen LogP contribution in [0.1, 0.15) is 47.8 Å². The van der Waals surface area contributed by atoms with Crippen molar-refractivity contribution in [1.82, 2.24) is 4.57 Å². The maximum atomic E-state index is 15.0. The van der Waals surface area contributed by atoms with Crippen molar-refractivity contribution in [1.29, 1.82) is 0 Å². The van der Waals surface area contributed by atoms with Crippen LogP contribution < -0.4 is 0 Å². The molecule has 0 aliphatic rings. The summed E-state index contributed by atoms with van der Waals surface area (Å²) in [4.78, 5) is 25.3. The van der Waals surface area contributed by atoms with Gasteiger partial charge in [0.15, 0.2) is 17.4 Å². The molecule has 3 aromatic rings. The van der Waals surface area contributed by atoms with Gasteiger partial charge in [-0.3, -0.25) is 14.2 Å². The molecule has 0 saturated heterocycles. The Morgan fingerprint density at radius 1 is 1.23 bits per heavy atom. The quantitative estimate of drug-likeness (QED) is 0.555. The second-order valence-corrected chi connectivity index (χ2v) is 7.70. The van der Waals surface area contributed by atoms with E-state index in [4.69, 9.17) is 11.6 Å². The van der Waals surface area contributed by atoms with Gasteiger partial charge in [0.1, 0.15) is 0 Å². The van der Waals surface area contributed by atoms with Crippen LogP contribution in [-0.2, 0) is 4.79 Å². The van der Waals surface area contributed by atoms with Crippen molar-refractivity contribution in [3.63, 3.8) is 0 Å². The van der Waals surface area contributed by atoms with Gasteiger partial charge in [0.05, 0.1) is 11.4 Å². The first kappa shape index (κ1) is 21.8. The number of rotatable bonds is 5. The van der Waals surface area contributed by atoms with Crippen LogP contribution in [0.15, 0.2) is 30.3 Å². The highest BCUT2D eigenvalue weighted by molar-refractivity contribution is 6.31. The summed E-state index contributed by atoms with van der Waals surface area (Å²) < 4.78 is 30.3. The number of phenols is 1. The average Bonchev–Trinajstić information content (AvgIpc) is 2.97. The highest BCUT2D eigenvalue weighted by Gasteiger charge is 2.35. The second kappa shape index (κ2) is 8.07. The first-order valence-corrected chi connectivity index (χ1v) is 9.72. The molecule has 5 nitrogen and oxygen atoms in total. The standard InChI is InChI=1S/C22H20ClF2NO4/c1-4-10(2)16(22(29)30)17-11(3)26(21(28)12-6-5-7-13(23)8-12)15-9-14(24)20(27)19(25)18(15)17/h5-10,16,27H,4H2,1-3H3,(H,29,30)/t10-,16?/m0/s1. The third-order valence-corrected chi connectivity index (χ3v) is 5.71. The molecule has 1 unspecified atom stereocenters. The van der Waals surface area contributed by atoms with Gasteiger partial charge in [-0.15, -0.1) is 0 Å². The molecule has 0 radical (unpaired) electrons. The number of carboxylic acids is 1. The fourth-order valence-corrected chi connectivity index (χ4v) is 3.98. The van der Waals surface area contributed by atoms with Crippen molar-refractivity contribution in [2.45, 2.75) is 33.1 Å².